The van der Waals surface area contributed by atoms with E-state index >= 15 is 0 Å². The van der Waals surface area contributed by atoms with Gasteiger partial charge in [-0.1, -0.05) is 47.7 Å². The van der Waals surface area contributed by atoms with Crippen molar-refractivity contribution in [1.82, 2.24) is 9.88 Å². The van der Waals surface area contributed by atoms with E-state index in [2.05, 4.69) is 4.90 Å². The molecule has 0 fully saturated rings. The fourth-order valence-corrected chi connectivity index (χ4v) is 4.81. The van der Waals surface area contributed by atoms with Gasteiger partial charge in [0, 0.05) is 24.2 Å². The van der Waals surface area contributed by atoms with Crippen LogP contribution in [0.3, 0.4) is 0 Å². The summed E-state index contributed by atoms with van der Waals surface area (Å²) in [4.78, 5) is 22.5. The van der Waals surface area contributed by atoms with E-state index in [0.29, 0.717) is 23.0 Å². The molecule has 1 aliphatic heterocycles. The number of fused-ring (bicyclic) bond motifs is 3. The number of amides is 1. The molecule has 0 saturated carbocycles. The molecular formula is C24H24ClN3O3S. The van der Waals surface area contributed by atoms with Crippen LogP contribution in [0.2, 0.25) is 0 Å². The van der Waals surface area contributed by atoms with E-state index in [0.717, 1.165) is 39.7 Å². The largest absolute Gasteiger partial charge is 0.454 e. The first kappa shape index (κ1) is 22.3. The van der Waals surface area contributed by atoms with Crippen LogP contribution in [0.1, 0.15) is 16.8 Å². The lowest BCUT2D eigenvalue weighted by molar-refractivity contribution is 0.0987. The summed E-state index contributed by atoms with van der Waals surface area (Å²) in [7, 11) is 4.08. The summed E-state index contributed by atoms with van der Waals surface area (Å²) in [6.07, 6.45) is 0.849. The minimum Gasteiger partial charge on any atom is -0.454 e. The number of thiazole rings is 1. The highest BCUT2D eigenvalue weighted by molar-refractivity contribution is 7.22. The van der Waals surface area contributed by atoms with Crippen LogP contribution in [-0.4, -0.2) is 49.8 Å². The van der Waals surface area contributed by atoms with Crippen molar-refractivity contribution in [2.45, 2.75) is 6.42 Å². The molecular weight excluding hydrogens is 446 g/mol. The maximum absolute atomic E-state index is 13.7. The molecule has 0 atom stereocenters. The molecule has 0 N–H and O–H groups in total. The summed E-state index contributed by atoms with van der Waals surface area (Å²) in [5.41, 5.74) is 1.50. The Morgan fingerprint density at radius 1 is 1.03 bits per heavy atom. The van der Waals surface area contributed by atoms with Crippen LogP contribution in [0.5, 0.6) is 11.5 Å². The average molecular weight is 470 g/mol. The Balaban J connectivity index is 0.00000245. The van der Waals surface area contributed by atoms with Crippen LogP contribution < -0.4 is 14.4 Å². The fourth-order valence-electron chi connectivity index (χ4n) is 3.81. The predicted molar refractivity (Wildman–Crippen MR) is 132 cm³/mol. The molecule has 0 unspecified atom stereocenters. The lowest BCUT2D eigenvalue weighted by Gasteiger charge is -2.21. The second kappa shape index (κ2) is 9.32. The van der Waals surface area contributed by atoms with Crippen LogP contribution in [0.25, 0.3) is 21.0 Å². The third kappa shape index (κ3) is 4.24. The molecule has 0 aliphatic carbocycles. The number of anilines is 1. The van der Waals surface area contributed by atoms with E-state index in [1.54, 1.807) is 0 Å². The Morgan fingerprint density at radius 2 is 1.78 bits per heavy atom. The van der Waals surface area contributed by atoms with Crippen LogP contribution >= 0.6 is 23.7 Å². The number of benzene rings is 3. The number of halogens is 1. The number of carbonyl (C=O) groups excluding carboxylic acids is 1. The van der Waals surface area contributed by atoms with Crippen molar-refractivity contribution in [3.8, 4) is 11.5 Å². The van der Waals surface area contributed by atoms with Crippen molar-refractivity contribution in [3.05, 3.63) is 60.2 Å². The monoisotopic (exact) mass is 469 g/mol. The van der Waals surface area contributed by atoms with Gasteiger partial charge < -0.3 is 14.4 Å². The smallest absolute Gasteiger partial charge is 0.260 e. The minimum absolute atomic E-state index is 0. The number of ether oxygens (including phenoxy) is 2. The number of nitrogens with zero attached hydrogens (tertiary/aromatic N) is 3. The third-order valence-corrected chi connectivity index (χ3v) is 6.40. The fraction of sp³-hybridized carbons (Fsp3) is 0.250. The Morgan fingerprint density at radius 3 is 2.59 bits per heavy atom. The van der Waals surface area contributed by atoms with Gasteiger partial charge in [0.2, 0.25) is 6.79 Å². The van der Waals surface area contributed by atoms with Crippen LogP contribution in [0.4, 0.5) is 5.13 Å². The van der Waals surface area contributed by atoms with Gasteiger partial charge >= 0.3 is 0 Å². The molecule has 1 aliphatic rings. The van der Waals surface area contributed by atoms with Gasteiger partial charge in [0.15, 0.2) is 16.6 Å². The summed E-state index contributed by atoms with van der Waals surface area (Å²) < 4.78 is 12.0. The van der Waals surface area contributed by atoms with E-state index in [1.807, 2.05) is 73.6 Å². The van der Waals surface area contributed by atoms with E-state index in [4.69, 9.17) is 14.5 Å². The molecule has 32 heavy (non-hydrogen) atoms. The molecule has 1 amide bonds. The maximum Gasteiger partial charge on any atom is 0.260 e. The van der Waals surface area contributed by atoms with E-state index < -0.39 is 0 Å². The Kier molecular flexibility index (Phi) is 6.50. The number of rotatable bonds is 6. The van der Waals surface area contributed by atoms with E-state index in [9.17, 15) is 4.79 Å². The quantitative estimate of drug-likeness (QED) is 0.388. The lowest BCUT2D eigenvalue weighted by atomic mass is 10.0. The number of carbonyl (C=O) groups is 1. The van der Waals surface area contributed by atoms with Gasteiger partial charge in [-0.2, -0.15) is 0 Å². The van der Waals surface area contributed by atoms with Crippen molar-refractivity contribution in [3.63, 3.8) is 0 Å². The van der Waals surface area contributed by atoms with Crippen LogP contribution in [-0.2, 0) is 0 Å². The zero-order valence-electron chi connectivity index (χ0n) is 17.9. The molecule has 0 bridgehead atoms. The van der Waals surface area contributed by atoms with Gasteiger partial charge in [-0.25, -0.2) is 4.98 Å². The average Bonchev–Trinajstić information content (AvgIpc) is 3.39. The highest BCUT2D eigenvalue weighted by Crippen LogP contribution is 2.40. The molecule has 8 heteroatoms. The third-order valence-electron chi connectivity index (χ3n) is 5.35. The van der Waals surface area contributed by atoms with Crippen molar-refractivity contribution in [1.29, 1.82) is 0 Å². The SMILES string of the molecule is CN(C)CCCN(C(=O)c1cccc2ccccc12)c1nc2cc3c(cc2s1)OCO3.Cl. The molecule has 4 aromatic rings. The number of hydrogen-bond acceptors (Lipinski definition) is 6. The Bertz CT molecular complexity index is 1230. The van der Waals surface area contributed by atoms with Crippen LogP contribution in [0, 0.1) is 0 Å². The topological polar surface area (TPSA) is 54.9 Å². The number of hydrogen-bond donors (Lipinski definition) is 0. The Labute approximate surface area is 196 Å². The van der Waals surface area contributed by atoms with Gasteiger partial charge in [0.1, 0.15) is 0 Å². The first-order chi connectivity index (χ1) is 15.1. The molecule has 0 spiro atoms. The zero-order valence-corrected chi connectivity index (χ0v) is 19.5. The summed E-state index contributed by atoms with van der Waals surface area (Å²) in [6, 6.07) is 17.7. The predicted octanol–water partition coefficient (Wildman–Crippen LogP) is 5.20. The summed E-state index contributed by atoms with van der Waals surface area (Å²) in [5, 5.41) is 2.70. The molecule has 166 valence electrons. The highest BCUT2D eigenvalue weighted by Gasteiger charge is 2.24. The van der Waals surface area contributed by atoms with Crippen molar-refractivity contribution in [2.75, 3.05) is 38.9 Å². The van der Waals surface area contributed by atoms with Crippen molar-refractivity contribution < 1.29 is 14.3 Å². The second-order valence-electron chi connectivity index (χ2n) is 7.81. The van der Waals surface area contributed by atoms with Gasteiger partial charge in [-0.15, -0.1) is 12.4 Å². The molecule has 2 heterocycles. The van der Waals surface area contributed by atoms with Gasteiger partial charge in [0.05, 0.1) is 10.2 Å². The van der Waals surface area contributed by atoms with Crippen molar-refractivity contribution >= 4 is 55.8 Å². The standard InChI is InChI=1S/C24H23N3O3S.ClH/c1-26(2)11-6-12-27(23(28)18-10-5-8-16-7-3-4-9-17(16)18)24-25-19-13-20-21(30-15-29-20)14-22(19)31-24;/h3-5,7-10,13-14H,6,11-12,15H2,1-2H3;1H. The molecule has 0 saturated heterocycles. The first-order valence-electron chi connectivity index (χ1n) is 10.2. The normalized spacial score (nSPS) is 12.3. The highest BCUT2D eigenvalue weighted by atomic mass is 35.5. The molecule has 6 nitrogen and oxygen atoms in total. The summed E-state index contributed by atoms with van der Waals surface area (Å²) in [5.74, 6) is 1.39. The molecule has 3 aromatic carbocycles. The van der Waals surface area contributed by atoms with E-state index in [1.165, 1.54) is 11.3 Å². The Hall–Kier alpha value is -2.87. The summed E-state index contributed by atoms with van der Waals surface area (Å²) in [6.45, 7) is 1.71. The zero-order chi connectivity index (χ0) is 21.4. The molecule has 1 aromatic heterocycles. The van der Waals surface area contributed by atoms with Crippen LogP contribution in [0.15, 0.2) is 54.6 Å². The summed E-state index contributed by atoms with van der Waals surface area (Å²) >= 11 is 1.50. The van der Waals surface area contributed by atoms with E-state index in [-0.39, 0.29) is 25.1 Å². The maximum atomic E-state index is 13.7. The molecule has 0 radical (unpaired) electrons. The van der Waals surface area contributed by atoms with Gasteiger partial charge in [-0.05, 0) is 43.9 Å². The molecule has 5 rings (SSSR count). The number of aromatic nitrogens is 1. The lowest BCUT2D eigenvalue weighted by Crippen LogP contribution is -2.33. The second-order valence-corrected chi connectivity index (χ2v) is 8.82. The van der Waals surface area contributed by atoms with Gasteiger partial charge in [0.25, 0.3) is 5.91 Å². The van der Waals surface area contributed by atoms with Crippen molar-refractivity contribution in [2.24, 2.45) is 0 Å². The first-order valence-corrected chi connectivity index (χ1v) is 11.1. The van der Waals surface area contributed by atoms with Gasteiger partial charge in [-0.3, -0.25) is 9.69 Å². The minimum atomic E-state index is -0.0327.